The molecule has 0 saturated carbocycles. The van der Waals surface area contributed by atoms with Crippen LogP contribution in [0.3, 0.4) is 0 Å². The van der Waals surface area contributed by atoms with Crippen LogP contribution < -0.4 is 4.90 Å². The molecule has 1 unspecified atom stereocenters. The zero-order valence-corrected chi connectivity index (χ0v) is 14.8. The van der Waals surface area contributed by atoms with Crippen molar-refractivity contribution in [3.05, 3.63) is 34.9 Å². The normalized spacial score (nSPS) is 22.8. The van der Waals surface area contributed by atoms with Crippen LogP contribution in [0.5, 0.6) is 0 Å². The third-order valence-corrected chi connectivity index (χ3v) is 5.43. The third-order valence-electron chi connectivity index (χ3n) is 4.94. The summed E-state index contributed by atoms with van der Waals surface area (Å²) in [7, 11) is 0. The van der Waals surface area contributed by atoms with Crippen molar-refractivity contribution in [3.8, 4) is 0 Å². The molecule has 2 aliphatic rings. The molecule has 2 fully saturated rings. The highest BCUT2D eigenvalue weighted by Gasteiger charge is 2.23. The minimum Gasteiger partial charge on any atom is -0.381 e. The first-order chi connectivity index (χ1) is 11.3. The maximum Gasteiger partial charge on any atom is 0.0734 e. The van der Waals surface area contributed by atoms with Crippen LogP contribution in [0.2, 0.25) is 0 Å². The van der Waals surface area contributed by atoms with E-state index in [2.05, 4.69) is 55.0 Å². The minimum atomic E-state index is 0.737. The van der Waals surface area contributed by atoms with Crippen molar-refractivity contribution in [3.63, 3.8) is 0 Å². The second kappa shape index (κ2) is 6.75. The van der Waals surface area contributed by atoms with Crippen LogP contribution >= 0.6 is 15.9 Å². The predicted molar refractivity (Wildman–Crippen MR) is 97.0 cm³/mol. The molecule has 0 N–H and O–H groups in total. The van der Waals surface area contributed by atoms with Crippen LogP contribution in [0.4, 0.5) is 5.69 Å². The standard InChI is InChI=1S/C18H22BrN3O/c19-15-1-2-16-17(11-15)20-5-3-18(16)22-8-6-21(7-9-22)12-14-4-10-23-13-14/h1-3,5,11,14H,4,6-10,12-13H2. The molecule has 0 aliphatic carbocycles. The lowest BCUT2D eigenvalue weighted by molar-refractivity contribution is 0.164. The molecule has 1 aromatic heterocycles. The quantitative estimate of drug-likeness (QED) is 0.823. The van der Waals surface area contributed by atoms with Crippen molar-refractivity contribution in [2.45, 2.75) is 6.42 Å². The smallest absolute Gasteiger partial charge is 0.0734 e. The summed E-state index contributed by atoms with van der Waals surface area (Å²) >= 11 is 3.53. The summed E-state index contributed by atoms with van der Waals surface area (Å²) in [6, 6.07) is 8.51. The molecular weight excluding hydrogens is 354 g/mol. The molecule has 4 rings (SSSR count). The van der Waals surface area contributed by atoms with Crippen molar-refractivity contribution in [2.24, 2.45) is 5.92 Å². The van der Waals surface area contributed by atoms with E-state index >= 15 is 0 Å². The average Bonchev–Trinajstić information content (AvgIpc) is 3.08. The second-order valence-corrected chi connectivity index (χ2v) is 7.42. The first-order valence-electron chi connectivity index (χ1n) is 8.39. The summed E-state index contributed by atoms with van der Waals surface area (Å²) in [6.07, 6.45) is 3.15. The zero-order valence-electron chi connectivity index (χ0n) is 13.2. The highest BCUT2D eigenvalue weighted by Crippen LogP contribution is 2.28. The molecule has 23 heavy (non-hydrogen) atoms. The summed E-state index contributed by atoms with van der Waals surface area (Å²) in [6.45, 7) is 7.53. The van der Waals surface area contributed by atoms with Gasteiger partial charge in [-0.3, -0.25) is 9.88 Å². The number of pyridine rings is 1. The van der Waals surface area contributed by atoms with Gasteiger partial charge in [0.1, 0.15) is 0 Å². The van der Waals surface area contributed by atoms with Crippen LogP contribution in [-0.4, -0.2) is 55.8 Å². The molecule has 1 aromatic carbocycles. The molecule has 0 bridgehead atoms. The van der Waals surface area contributed by atoms with Gasteiger partial charge in [0.25, 0.3) is 0 Å². The summed E-state index contributed by atoms with van der Waals surface area (Å²) in [4.78, 5) is 9.59. The molecule has 2 saturated heterocycles. The monoisotopic (exact) mass is 375 g/mol. The first kappa shape index (κ1) is 15.4. The number of nitrogens with zero attached hydrogens (tertiary/aromatic N) is 3. The van der Waals surface area contributed by atoms with Gasteiger partial charge >= 0.3 is 0 Å². The number of ether oxygens (including phenoxy) is 1. The average molecular weight is 376 g/mol. The van der Waals surface area contributed by atoms with Crippen LogP contribution in [0.25, 0.3) is 10.9 Å². The fourth-order valence-electron chi connectivity index (χ4n) is 3.65. The Balaban J connectivity index is 1.46. The number of fused-ring (bicyclic) bond motifs is 1. The Morgan fingerprint density at radius 1 is 1.17 bits per heavy atom. The van der Waals surface area contributed by atoms with E-state index in [1.165, 1.54) is 24.0 Å². The Hall–Kier alpha value is -1.17. The number of halogens is 1. The number of hydrogen-bond donors (Lipinski definition) is 0. The van der Waals surface area contributed by atoms with Gasteiger partial charge in [-0.2, -0.15) is 0 Å². The topological polar surface area (TPSA) is 28.6 Å². The predicted octanol–water partition coefficient (Wildman–Crippen LogP) is 3.16. The maximum atomic E-state index is 5.50. The largest absolute Gasteiger partial charge is 0.381 e. The third kappa shape index (κ3) is 3.37. The Labute approximate surface area is 145 Å². The van der Waals surface area contributed by atoms with E-state index < -0.39 is 0 Å². The van der Waals surface area contributed by atoms with Crippen LogP contribution in [-0.2, 0) is 4.74 Å². The van der Waals surface area contributed by atoms with Crippen molar-refractivity contribution < 1.29 is 4.74 Å². The Morgan fingerprint density at radius 3 is 2.83 bits per heavy atom. The molecule has 0 radical (unpaired) electrons. The van der Waals surface area contributed by atoms with E-state index in [1.54, 1.807) is 0 Å². The zero-order chi connectivity index (χ0) is 15.6. The summed E-state index contributed by atoms with van der Waals surface area (Å²) < 4.78 is 6.58. The number of aromatic nitrogens is 1. The van der Waals surface area contributed by atoms with Crippen LogP contribution in [0.15, 0.2) is 34.9 Å². The van der Waals surface area contributed by atoms with E-state index in [9.17, 15) is 0 Å². The molecule has 1 atom stereocenters. The van der Waals surface area contributed by atoms with E-state index in [4.69, 9.17) is 4.74 Å². The molecule has 0 amide bonds. The first-order valence-corrected chi connectivity index (χ1v) is 9.18. The summed E-state index contributed by atoms with van der Waals surface area (Å²) in [5.41, 5.74) is 2.37. The molecule has 4 nitrogen and oxygen atoms in total. The van der Waals surface area contributed by atoms with Crippen molar-refractivity contribution in [2.75, 3.05) is 50.8 Å². The van der Waals surface area contributed by atoms with Gasteiger partial charge in [-0.25, -0.2) is 0 Å². The lowest BCUT2D eigenvalue weighted by Crippen LogP contribution is -2.48. The van der Waals surface area contributed by atoms with E-state index in [-0.39, 0.29) is 0 Å². The number of rotatable bonds is 3. The highest BCUT2D eigenvalue weighted by atomic mass is 79.9. The lowest BCUT2D eigenvalue weighted by Gasteiger charge is -2.37. The van der Waals surface area contributed by atoms with Gasteiger partial charge in [0.2, 0.25) is 0 Å². The fourth-order valence-corrected chi connectivity index (χ4v) is 3.99. The minimum absolute atomic E-state index is 0.737. The molecule has 122 valence electrons. The van der Waals surface area contributed by atoms with Crippen molar-refractivity contribution in [1.29, 1.82) is 0 Å². The van der Waals surface area contributed by atoms with Gasteiger partial charge in [0, 0.05) is 61.1 Å². The van der Waals surface area contributed by atoms with Gasteiger partial charge < -0.3 is 9.64 Å². The number of benzene rings is 1. The van der Waals surface area contributed by atoms with E-state index in [1.807, 2.05) is 6.20 Å². The van der Waals surface area contributed by atoms with E-state index in [0.29, 0.717) is 0 Å². The summed E-state index contributed by atoms with van der Waals surface area (Å²) in [5, 5.41) is 1.24. The van der Waals surface area contributed by atoms with E-state index in [0.717, 1.165) is 55.3 Å². The van der Waals surface area contributed by atoms with Crippen molar-refractivity contribution in [1.82, 2.24) is 9.88 Å². The SMILES string of the molecule is Brc1ccc2c(N3CCN(CC4CCOC4)CC3)ccnc2c1. The van der Waals surface area contributed by atoms with Crippen molar-refractivity contribution >= 4 is 32.5 Å². The summed E-state index contributed by atoms with van der Waals surface area (Å²) in [5.74, 6) is 0.737. The molecule has 3 heterocycles. The molecule has 0 spiro atoms. The lowest BCUT2D eigenvalue weighted by atomic mass is 10.1. The van der Waals surface area contributed by atoms with Gasteiger partial charge in [0.15, 0.2) is 0 Å². The number of anilines is 1. The van der Waals surface area contributed by atoms with Gasteiger partial charge in [-0.15, -0.1) is 0 Å². The van der Waals surface area contributed by atoms with Crippen LogP contribution in [0.1, 0.15) is 6.42 Å². The Morgan fingerprint density at radius 2 is 2.04 bits per heavy atom. The molecule has 2 aromatic rings. The molecular formula is C18H22BrN3O. The fraction of sp³-hybridized carbons (Fsp3) is 0.500. The Kier molecular flexibility index (Phi) is 4.51. The highest BCUT2D eigenvalue weighted by molar-refractivity contribution is 9.10. The van der Waals surface area contributed by atoms with Gasteiger partial charge in [-0.05, 0) is 36.6 Å². The maximum absolute atomic E-state index is 5.50. The number of hydrogen-bond acceptors (Lipinski definition) is 4. The second-order valence-electron chi connectivity index (χ2n) is 6.51. The molecule has 2 aliphatic heterocycles. The van der Waals surface area contributed by atoms with Crippen LogP contribution in [0, 0.1) is 5.92 Å². The molecule has 5 heteroatoms. The Bertz CT molecular complexity index is 679. The van der Waals surface area contributed by atoms with Gasteiger partial charge in [-0.1, -0.05) is 15.9 Å². The van der Waals surface area contributed by atoms with Gasteiger partial charge in [0.05, 0.1) is 12.1 Å². The number of piperazine rings is 1.